The molecule has 0 saturated heterocycles. The van der Waals surface area contributed by atoms with Crippen LogP contribution in [0.1, 0.15) is 29.8 Å². The van der Waals surface area contributed by atoms with Crippen LogP contribution in [-0.4, -0.2) is 51.2 Å². The van der Waals surface area contributed by atoms with Crippen molar-refractivity contribution in [2.24, 2.45) is 0 Å². The molecule has 0 amide bonds. The van der Waals surface area contributed by atoms with Crippen molar-refractivity contribution in [1.82, 2.24) is 14.7 Å². The van der Waals surface area contributed by atoms with Gasteiger partial charge in [0.2, 0.25) is 0 Å². The van der Waals surface area contributed by atoms with Crippen LogP contribution in [0.15, 0.2) is 30.3 Å². The van der Waals surface area contributed by atoms with Gasteiger partial charge in [-0.05, 0) is 43.4 Å². The lowest BCUT2D eigenvalue weighted by molar-refractivity contribution is 0.172. The van der Waals surface area contributed by atoms with Crippen LogP contribution in [0.4, 0.5) is 0 Å². The molecule has 124 valence electrons. The van der Waals surface area contributed by atoms with E-state index in [2.05, 4.69) is 21.7 Å². The van der Waals surface area contributed by atoms with Gasteiger partial charge in [-0.2, -0.15) is 5.10 Å². The number of hydrogen-bond donors (Lipinski definition) is 2. The molecule has 1 aromatic heterocycles. The van der Waals surface area contributed by atoms with Gasteiger partial charge in [0.05, 0.1) is 18.0 Å². The molecule has 0 fully saturated rings. The summed E-state index contributed by atoms with van der Waals surface area (Å²) >= 11 is 0. The second-order valence-corrected chi connectivity index (χ2v) is 6.05. The van der Waals surface area contributed by atoms with Gasteiger partial charge in [0.15, 0.2) is 0 Å². The van der Waals surface area contributed by atoms with Crippen molar-refractivity contribution in [2.75, 3.05) is 26.3 Å². The minimum Gasteiger partial charge on any atom is -0.396 e. The first kappa shape index (κ1) is 16.2. The third kappa shape index (κ3) is 3.63. The Morgan fingerprint density at radius 2 is 1.87 bits per heavy atom. The summed E-state index contributed by atoms with van der Waals surface area (Å²) in [7, 11) is 0. The Bertz CT molecular complexity index is 625. The van der Waals surface area contributed by atoms with Crippen LogP contribution in [0.3, 0.4) is 0 Å². The fourth-order valence-electron chi connectivity index (χ4n) is 3.34. The lowest BCUT2D eigenvalue weighted by Crippen LogP contribution is -2.28. The van der Waals surface area contributed by atoms with E-state index in [1.165, 1.54) is 17.7 Å². The zero-order chi connectivity index (χ0) is 16.1. The van der Waals surface area contributed by atoms with Crippen LogP contribution in [0.5, 0.6) is 0 Å². The van der Waals surface area contributed by atoms with E-state index in [9.17, 15) is 5.11 Å². The molecular weight excluding hydrogens is 290 g/mol. The van der Waals surface area contributed by atoms with Gasteiger partial charge in [0.25, 0.3) is 0 Å². The predicted molar refractivity (Wildman–Crippen MR) is 89.7 cm³/mol. The van der Waals surface area contributed by atoms with E-state index in [-0.39, 0.29) is 13.2 Å². The van der Waals surface area contributed by atoms with Gasteiger partial charge in [-0.25, -0.2) is 4.68 Å². The normalized spacial score (nSPS) is 13.7. The Labute approximate surface area is 137 Å². The van der Waals surface area contributed by atoms with Crippen LogP contribution in [0.25, 0.3) is 5.69 Å². The lowest BCUT2D eigenvalue weighted by Gasteiger charge is -2.20. The Morgan fingerprint density at radius 1 is 1.04 bits per heavy atom. The Hall–Kier alpha value is -1.69. The summed E-state index contributed by atoms with van der Waals surface area (Å²) in [5.74, 6) is 0. The molecule has 2 N–H and O–H groups in total. The summed E-state index contributed by atoms with van der Waals surface area (Å²) in [4.78, 5) is 2.17. The zero-order valence-electron chi connectivity index (χ0n) is 13.5. The number of para-hydroxylation sites is 1. The molecule has 5 nitrogen and oxygen atoms in total. The summed E-state index contributed by atoms with van der Waals surface area (Å²) in [6.07, 6.45) is 4.07. The summed E-state index contributed by atoms with van der Waals surface area (Å²) in [6, 6.07) is 10.3. The van der Waals surface area contributed by atoms with Gasteiger partial charge in [0, 0.05) is 31.9 Å². The minimum absolute atomic E-state index is 0.132. The molecule has 1 aliphatic carbocycles. The highest BCUT2D eigenvalue weighted by Gasteiger charge is 2.24. The molecule has 2 aromatic rings. The molecule has 3 rings (SSSR count). The largest absolute Gasteiger partial charge is 0.396 e. The minimum atomic E-state index is 0.132. The highest BCUT2D eigenvalue weighted by molar-refractivity contribution is 5.39. The van der Waals surface area contributed by atoms with Crippen molar-refractivity contribution >= 4 is 0 Å². The van der Waals surface area contributed by atoms with Crippen molar-refractivity contribution in [3.05, 3.63) is 47.3 Å². The average molecular weight is 315 g/mol. The fraction of sp³-hybridized carbons (Fsp3) is 0.500. The first-order valence-corrected chi connectivity index (χ1v) is 8.42. The molecule has 23 heavy (non-hydrogen) atoms. The van der Waals surface area contributed by atoms with Crippen molar-refractivity contribution in [1.29, 1.82) is 0 Å². The third-order valence-electron chi connectivity index (χ3n) is 4.44. The van der Waals surface area contributed by atoms with E-state index in [4.69, 9.17) is 10.2 Å². The first-order chi connectivity index (χ1) is 11.3. The predicted octanol–water partition coefficient (Wildman–Crippen LogP) is 1.54. The van der Waals surface area contributed by atoms with Crippen LogP contribution >= 0.6 is 0 Å². The van der Waals surface area contributed by atoms with Crippen LogP contribution < -0.4 is 0 Å². The second-order valence-electron chi connectivity index (χ2n) is 6.05. The van der Waals surface area contributed by atoms with Crippen LogP contribution in [0, 0.1) is 0 Å². The fourth-order valence-corrected chi connectivity index (χ4v) is 3.34. The van der Waals surface area contributed by atoms with Gasteiger partial charge >= 0.3 is 0 Å². The van der Waals surface area contributed by atoms with Crippen LogP contribution in [-0.2, 0) is 19.4 Å². The van der Waals surface area contributed by atoms with Gasteiger partial charge < -0.3 is 10.2 Å². The molecule has 0 bridgehead atoms. The van der Waals surface area contributed by atoms with Crippen molar-refractivity contribution in [2.45, 2.75) is 32.2 Å². The molecule has 5 heteroatoms. The standard InChI is InChI=1S/C18H25N3O2/c22-12-5-10-20(11-13-23)14-17-16-8-4-9-18(16)21(19-17)15-6-2-1-3-7-15/h1-3,6-7,22-23H,4-5,8-14H2. The number of aliphatic hydroxyl groups excluding tert-OH is 2. The molecule has 0 atom stereocenters. The smallest absolute Gasteiger partial charge is 0.0804 e. The van der Waals surface area contributed by atoms with Crippen molar-refractivity contribution in [3.63, 3.8) is 0 Å². The molecule has 0 saturated carbocycles. The summed E-state index contributed by atoms with van der Waals surface area (Å²) < 4.78 is 2.08. The third-order valence-corrected chi connectivity index (χ3v) is 4.44. The first-order valence-electron chi connectivity index (χ1n) is 8.42. The Kier molecular flexibility index (Phi) is 5.43. The molecule has 0 aliphatic heterocycles. The number of aromatic nitrogens is 2. The van der Waals surface area contributed by atoms with E-state index in [0.29, 0.717) is 6.54 Å². The molecule has 1 heterocycles. The topological polar surface area (TPSA) is 61.5 Å². The number of aliphatic hydroxyl groups is 2. The average Bonchev–Trinajstić information content (AvgIpc) is 3.17. The highest BCUT2D eigenvalue weighted by Crippen LogP contribution is 2.28. The molecule has 0 radical (unpaired) electrons. The molecule has 1 aliphatic rings. The van der Waals surface area contributed by atoms with E-state index < -0.39 is 0 Å². The summed E-state index contributed by atoms with van der Waals surface area (Å²) in [5.41, 5.74) is 4.94. The molecule has 0 spiro atoms. The van der Waals surface area contributed by atoms with E-state index in [1.807, 2.05) is 18.2 Å². The summed E-state index contributed by atoms with van der Waals surface area (Å²) in [6.45, 7) is 2.45. The molecule has 0 unspecified atom stereocenters. The van der Waals surface area contributed by atoms with Gasteiger partial charge in [-0.3, -0.25) is 4.90 Å². The van der Waals surface area contributed by atoms with Gasteiger partial charge in [0.1, 0.15) is 0 Å². The van der Waals surface area contributed by atoms with Crippen molar-refractivity contribution in [3.8, 4) is 5.69 Å². The summed E-state index contributed by atoms with van der Waals surface area (Å²) in [5, 5.41) is 23.2. The van der Waals surface area contributed by atoms with Crippen LogP contribution in [0.2, 0.25) is 0 Å². The Balaban J connectivity index is 1.85. The van der Waals surface area contributed by atoms with Gasteiger partial charge in [-0.1, -0.05) is 18.2 Å². The lowest BCUT2D eigenvalue weighted by atomic mass is 10.2. The second kappa shape index (κ2) is 7.73. The number of rotatable bonds is 8. The maximum absolute atomic E-state index is 9.26. The highest BCUT2D eigenvalue weighted by atomic mass is 16.3. The Morgan fingerprint density at radius 3 is 2.61 bits per heavy atom. The van der Waals surface area contributed by atoms with E-state index >= 15 is 0 Å². The van der Waals surface area contributed by atoms with E-state index in [1.54, 1.807) is 0 Å². The quantitative estimate of drug-likeness (QED) is 0.776. The number of benzene rings is 1. The molecular formula is C18H25N3O2. The van der Waals surface area contributed by atoms with Gasteiger partial charge in [-0.15, -0.1) is 0 Å². The van der Waals surface area contributed by atoms with Crippen molar-refractivity contribution < 1.29 is 10.2 Å². The number of fused-ring (bicyclic) bond motifs is 1. The zero-order valence-corrected chi connectivity index (χ0v) is 13.5. The number of nitrogens with zero attached hydrogens (tertiary/aromatic N) is 3. The maximum Gasteiger partial charge on any atom is 0.0804 e. The monoisotopic (exact) mass is 315 g/mol. The SMILES string of the molecule is OCCCN(CCO)Cc1nn(-c2ccccc2)c2c1CCC2. The van der Waals surface area contributed by atoms with E-state index in [0.717, 1.165) is 43.7 Å². The maximum atomic E-state index is 9.26. The molecule has 1 aromatic carbocycles. The number of hydrogen-bond acceptors (Lipinski definition) is 4.